The number of carboxylic acid groups (broad SMARTS) is 1. The van der Waals surface area contributed by atoms with Gasteiger partial charge in [-0.2, -0.15) is 10.2 Å². The van der Waals surface area contributed by atoms with Crippen molar-refractivity contribution < 1.29 is 39.2 Å². The van der Waals surface area contributed by atoms with Crippen molar-refractivity contribution in [2.24, 2.45) is 38.8 Å². The van der Waals surface area contributed by atoms with Crippen LogP contribution in [0.3, 0.4) is 0 Å². The highest BCUT2D eigenvalue weighted by atomic mass is 16.5. The number of esters is 1. The van der Waals surface area contributed by atoms with E-state index in [-0.39, 0.29) is 54.8 Å². The number of aromatic carboxylic acids is 1. The van der Waals surface area contributed by atoms with E-state index in [0.29, 0.717) is 17.8 Å². The predicted octanol–water partition coefficient (Wildman–Crippen LogP) is 5.85. The molecule has 0 bridgehead atoms. The van der Waals surface area contributed by atoms with Crippen molar-refractivity contribution in [3.8, 4) is 0 Å². The summed E-state index contributed by atoms with van der Waals surface area (Å²) in [4.78, 5) is 49.5. The van der Waals surface area contributed by atoms with Gasteiger partial charge >= 0.3 is 11.9 Å². The first kappa shape index (κ1) is 32.7. The van der Waals surface area contributed by atoms with Crippen LogP contribution in [0.1, 0.15) is 68.3 Å². The van der Waals surface area contributed by atoms with Crippen LogP contribution in [0.4, 0.5) is 11.4 Å². The van der Waals surface area contributed by atoms with Crippen molar-refractivity contribution in [1.82, 2.24) is 0 Å². The first-order valence-corrected chi connectivity index (χ1v) is 16.2. The summed E-state index contributed by atoms with van der Waals surface area (Å²) in [7, 11) is 0. The number of carboxylic acids is 1. The van der Waals surface area contributed by atoms with E-state index < -0.39 is 46.9 Å². The maximum absolute atomic E-state index is 13.6. The Morgan fingerprint density at radius 3 is 2.51 bits per heavy atom. The maximum atomic E-state index is 13.6. The highest BCUT2D eigenvalue weighted by molar-refractivity contribution is 6.01. The molecular formula is C37H40N2O8. The molecule has 0 saturated heterocycles. The van der Waals surface area contributed by atoms with E-state index >= 15 is 0 Å². The van der Waals surface area contributed by atoms with Gasteiger partial charge < -0.3 is 20.1 Å². The second-order valence-electron chi connectivity index (χ2n) is 13.9. The summed E-state index contributed by atoms with van der Waals surface area (Å²) < 4.78 is 5.40. The van der Waals surface area contributed by atoms with E-state index in [4.69, 9.17) is 9.84 Å². The molecule has 10 heteroatoms. The maximum Gasteiger partial charge on any atom is 0.335 e. The van der Waals surface area contributed by atoms with Crippen LogP contribution in [0.5, 0.6) is 0 Å². The molecule has 3 saturated carbocycles. The molecule has 6 rings (SSSR count). The normalized spacial score (nSPS) is 32.7. The number of hydrogen-bond donors (Lipinski definition) is 3. The van der Waals surface area contributed by atoms with Crippen LogP contribution in [-0.4, -0.2) is 57.1 Å². The number of azo groups is 1. The number of hydrogen-bond acceptors (Lipinski definition) is 9. The molecule has 3 fully saturated rings. The standard InChI is InChI=1S/C37H40N2O8/c1-35-17-15-26(40)19-24(35)10-13-27-28-16-18-37(46,36(28,2)20-30(41)33(27)35)31(42)21-47-32(43)14-9-22-5-3-4-6-29(22)39-38-25-11-7-23(8-12-25)34(44)45/h3-8,11-12,15,17,19,27-28,30,33,41,46H,9-10,13-14,16,18,20-21H2,1-2H3,(H,44,45)/b39-38+. The zero-order chi connectivity index (χ0) is 33.6. The van der Waals surface area contributed by atoms with Gasteiger partial charge in [0.1, 0.15) is 5.60 Å². The van der Waals surface area contributed by atoms with Crippen molar-refractivity contribution >= 4 is 34.9 Å². The second kappa shape index (κ2) is 12.4. The number of aryl methyl sites for hydroxylation is 1. The van der Waals surface area contributed by atoms with Gasteiger partial charge in [0.2, 0.25) is 5.78 Å². The summed E-state index contributed by atoms with van der Waals surface area (Å²) in [5.74, 6) is -2.22. The van der Waals surface area contributed by atoms with E-state index in [9.17, 15) is 29.4 Å². The molecule has 0 spiro atoms. The smallest absolute Gasteiger partial charge is 0.335 e. The molecule has 0 aliphatic heterocycles. The third kappa shape index (κ3) is 5.78. The summed E-state index contributed by atoms with van der Waals surface area (Å²) in [6, 6.07) is 13.2. The number of aliphatic hydroxyl groups excluding tert-OH is 1. The number of rotatable bonds is 9. The molecule has 47 heavy (non-hydrogen) atoms. The molecule has 2 aromatic carbocycles. The summed E-state index contributed by atoms with van der Waals surface area (Å²) in [6.45, 7) is 3.42. The van der Waals surface area contributed by atoms with E-state index in [0.717, 1.165) is 24.0 Å². The van der Waals surface area contributed by atoms with Gasteiger partial charge in [-0.1, -0.05) is 43.7 Å². The number of allylic oxidation sites excluding steroid dienone is 4. The van der Waals surface area contributed by atoms with E-state index in [2.05, 4.69) is 17.2 Å². The molecule has 7 atom stereocenters. The van der Waals surface area contributed by atoms with E-state index in [1.807, 2.05) is 25.1 Å². The van der Waals surface area contributed by atoms with Gasteiger partial charge in [-0.05, 0) is 98.4 Å². The Morgan fingerprint density at radius 1 is 1.02 bits per heavy atom. The number of carbonyl (C=O) groups is 4. The van der Waals surface area contributed by atoms with E-state index in [1.54, 1.807) is 36.4 Å². The molecule has 2 aromatic rings. The van der Waals surface area contributed by atoms with Crippen LogP contribution >= 0.6 is 0 Å². The van der Waals surface area contributed by atoms with Crippen molar-refractivity contribution in [1.29, 1.82) is 0 Å². The van der Waals surface area contributed by atoms with Gasteiger partial charge in [0.15, 0.2) is 12.4 Å². The SMILES string of the molecule is CC12C=CC(=O)C=C1CCC1C2C(O)CC2(C)C1CCC2(O)C(=O)COC(=O)CCc1ccccc1/N=N/c1ccc(C(=O)O)cc1. The zero-order valence-electron chi connectivity index (χ0n) is 26.6. The Kier molecular flexibility index (Phi) is 8.61. The van der Waals surface area contributed by atoms with E-state index in [1.165, 1.54) is 12.1 Å². The minimum atomic E-state index is -1.73. The van der Waals surface area contributed by atoms with Crippen LogP contribution in [0.25, 0.3) is 0 Å². The molecule has 10 nitrogen and oxygen atoms in total. The Bertz CT molecular complexity index is 1700. The first-order chi connectivity index (χ1) is 22.4. The molecule has 4 aliphatic rings. The minimum Gasteiger partial charge on any atom is -0.478 e. The number of ether oxygens (including phenoxy) is 1. The lowest BCUT2D eigenvalue weighted by molar-refractivity contribution is -0.181. The number of benzene rings is 2. The molecule has 3 N–H and O–H groups in total. The van der Waals surface area contributed by atoms with Crippen LogP contribution in [0.15, 0.2) is 82.6 Å². The number of Topliss-reactive ketones (excluding diaryl/α,β-unsaturated/α-hetero) is 1. The average molecular weight is 641 g/mol. The van der Waals surface area contributed by atoms with Crippen LogP contribution in [0, 0.1) is 28.6 Å². The highest BCUT2D eigenvalue weighted by Crippen LogP contribution is 2.67. The number of aliphatic hydroxyl groups is 2. The predicted molar refractivity (Wildman–Crippen MR) is 171 cm³/mol. The molecule has 0 radical (unpaired) electrons. The van der Waals surface area contributed by atoms with Gasteiger partial charge in [-0.25, -0.2) is 4.79 Å². The second-order valence-corrected chi connectivity index (χ2v) is 13.9. The summed E-state index contributed by atoms with van der Waals surface area (Å²) in [5.41, 5.74) is -0.0860. The van der Waals surface area contributed by atoms with Gasteiger partial charge in [0, 0.05) is 23.2 Å². The fourth-order valence-corrected chi connectivity index (χ4v) is 8.96. The Hall–Kier alpha value is -4.28. The van der Waals surface area contributed by atoms with Gasteiger partial charge in [-0.15, -0.1) is 0 Å². The molecule has 0 amide bonds. The quantitative estimate of drug-likeness (QED) is 0.227. The average Bonchev–Trinajstić information content (AvgIpc) is 3.32. The molecule has 0 aromatic heterocycles. The zero-order valence-corrected chi connectivity index (χ0v) is 26.6. The molecule has 7 unspecified atom stereocenters. The van der Waals surface area contributed by atoms with Crippen molar-refractivity contribution in [3.05, 3.63) is 83.5 Å². The van der Waals surface area contributed by atoms with Gasteiger partial charge in [0.25, 0.3) is 0 Å². The Morgan fingerprint density at radius 2 is 1.77 bits per heavy atom. The first-order valence-electron chi connectivity index (χ1n) is 16.2. The molecule has 4 aliphatic carbocycles. The van der Waals surface area contributed by atoms with Crippen LogP contribution in [-0.2, 0) is 25.5 Å². The summed E-state index contributed by atoms with van der Waals surface area (Å²) >= 11 is 0. The number of carbonyl (C=O) groups excluding carboxylic acids is 3. The largest absolute Gasteiger partial charge is 0.478 e. The lowest BCUT2D eigenvalue weighted by atomic mass is 9.46. The lowest BCUT2D eigenvalue weighted by Crippen LogP contribution is -2.61. The minimum absolute atomic E-state index is 0.00530. The number of ketones is 2. The Balaban J connectivity index is 1.07. The summed E-state index contributed by atoms with van der Waals surface area (Å²) in [5, 5.41) is 41.0. The third-order valence-corrected chi connectivity index (χ3v) is 11.5. The van der Waals surface area contributed by atoms with Crippen LogP contribution < -0.4 is 0 Å². The fraction of sp³-hybridized carbons (Fsp3) is 0.459. The monoisotopic (exact) mass is 640 g/mol. The molecule has 246 valence electrons. The Labute approximate surface area is 273 Å². The van der Waals surface area contributed by atoms with Crippen molar-refractivity contribution in [2.75, 3.05) is 6.61 Å². The number of fused-ring (bicyclic) bond motifs is 5. The van der Waals surface area contributed by atoms with Gasteiger partial charge in [-0.3, -0.25) is 14.4 Å². The van der Waals surface area contributed by atoms with Crippen LogP contribution in [0.2, 0.25) is 0 Å². The molecular weight excluding hydrogens is 600 g/mol. The lowest BCUT2D eigenvalue weighted by Gasteiger charge is -2.59. The highest BCUT2D eigenvalue weighted by Gasteiger charge is 2.68. The van der Waals surface area contributed by atoms with Gasteiger partial charge in [0.05, 0.1) is 23.0 Å². The topological polar surface area (TPSA) is 163 Å². The van der Waals surface area contributed by atoms with Crippen molar-refractivity contribution in [2.45, 2.75) is 70.5 Å². The van der Waals surface area contributed by atoms with Crippen molar-refractivity contribution in [3.63, 3.8) is 0 Å². The summed E-state index contributed by atoms with van der Waals surface area (Å²) in [6.07, 6.45) is 7.36. The fourth-order valence-electron chi connectivity index (χ4n) is 8.96. The molecule has 0 heterocycles. The number of nitrogens with zero attached hydrogens (tertiary/aromatic N) is 2. The third-order valence-electron chi connectivity index (χ3n) is 11.5.